The van der Waals surface area contributed by atoms with Crippen molar-refractivity contribution in [2.75, 3.05) is 20.2 Å². The molecule has 1 unspecified atom stereocenters. The van der Waals surface area contributed by atoms with Crippen LogP contribution in [0.4, 0.5) is 4.79 Å². The van der Waals surface area contributed by atoms with Gasteiger partial charge in [-0.3, -0.25) is 4.79 Å². The number of methoxy groups -OCH3 is 1. The second kappa shape index (κ2) is 3.48. The van der Waals surface area contributed by atoms with Crippen LogP contribution in [0.15, 0.2) is 0 Å². The zero-order valence-electron chi connectivity index (χ0n) is 8.06. The number of fused-ring (bicyclic) bond motifs is 2. The fourth-order valence-corrected chi connectivity index (χ4v) is 2.00. The molecule has 1 amide bonds. The smallest absolute Gasteiger partial charge is 0.410 e. The van der Waals surface area contributed by atoms with Gasteiger partial charge < -0.3 is 14.4 Å². The van der Waals surface area contributed by atoms with E-state index >= 15 is 0 Å². The lowest BCUT2D eigenvalue weighted by atomic mass is 9.92. The van der Waals surface area contributed by atoms with E-state index in [-0.39, 0.29) is 24.1 Å². The highest BCUT2D eigenvalue weighted by Gasteiger charge is 2.41. The predicted molar refractivity (Wildman–Crippen MR) is 46.6 cm³/mol. The molecule has 2 aliphatic heterocycles. The van der Waals surface area contributed by atoms with Crippen molar-refractivity contribution in [1.29, 1.82) is 0 Å². The number of hydrogen-bond donors (Lipinski definition) is 0. The van der Waals surface area contributed by atoms with Gasteiger partial charge in [0.1, 0.15) is 6.10 Å². The van der Waals surface area contributed by atoms with E-state index in [1.165, 1.54) is 7.11 Å². The Morgan fingerprint density at radius 2 is 2.50 bits per heavy atom. The van der Waals surface area contributed by atoms with Crippen LogP contribution in [0.2, 0.25) is 0 Å². The third-order valence-corrected chi connectivity index (χ3v) is 2.86. The molecular weight excluding hydrogens is 186 g/mol. The molecule has 0 aromatic heterocycles. The lowest BCUT2D eigenvalue weighted by Crippen LogP contribution is -2.37. The molecule has 2 rings (SSSR count). The molecule has 2 aliphatic rings. The van der Waals surface area contributed by atoms with Crippen LogP contribution in [0.1, 0.15) is 12.8 Å². The number of hydrogen-bond acceptors (Lipinski definition) is 4. The molecule has 2 saturated heterocycles. The number of esters is 1. The second-order valence-electron chi connectivity index (χ2n) is 3.70. The molecule has 5 nitrogen and oxygen atoms in total. The third kappa shape index (κ3) is 1.54. The third-order valence-electron chi connectivity index (χ3n) is 2.86. The van der Waals surface area contributed by atoms with Gasteiger partial charge in [-0.1, -0.05) is 0 Å². The summed E-state index contributed by atoms with van der Waals surface area (Å²) < 4.78 is 9.72. The number of amides is 1. The Kier molecular flexibility index (Phi) is 2.31. The quantitative estimate of drug-likeness (QED) is 0.604. The summed E-state index contributed by atoms with van der Waals surface area (Å²) in [5.74, 6) is -0.100. The molecule has 2 heterocycles. The first-order chi connectivity index (χ1) is 6.70. The van der Waals surface area contributed by atoms with E-state index in [2.05, 4.69) is 4.74 Å². The minimum Gasteiger partial charge on any atom is -0.469 e. The molecular formula is C9H13NO4. The van der Waals surface area contributed by atoms with Crippen LogP contribution in [-0.4, -0.2) is 43.3 Å². The van der Waals surface area contributed by atoms with Gasteiger partial charge in [0.25, 0.3) is 0 Å². The van der Waals surface area contributed by atoms with Gasteiger partial charge in [0, 0.05) is 12.5 Å². The average Bonchev–Trinajstić information content (AvgIpc) is 2.48. The summed E-state index contributed by atoms with van der Waals surface area (Å²) in [6.07, 6.45) is 0.811. The van der Waals surface area contributed by atoms with Crippen LogP contribution in [0.3, 0.4) is 0 Å². The monoisotopic (exact) mass is 199 g/mol. The summed E-state index contributed by atoms with van der Waals surface area (Å²) in [5, 5.41) is 0. The number of piperidine rings is 1. The van der Waals surface area contributed by atoms with Crippen molar-refractivity contribution in [2.45, 2.75) is 18.9 Å². The maximum atomic E-state index is 11.1. The maximum absolute atomic E-state index is 11.1. The molecule has 0 radical (unpaired) electrons. The summed E-state index contributed by atoms with van der Waals surface area (Å²) in [5.41, 5.74) is 0. The van der Waals surface area contributed by atoms with Crippen molar-refractivity contribution in [3.8, 4) is 0 Å². The van der Waals surface area contributed by atoms with E-state index < -0.39 is 0 Å². The van der Waals surface area contributed by atoms with Crippen molar-refractivity contribution in [3.05, 3.63) is 0 Å². The van der Waals surface area contributed by atoms with E-state index in [1.54, 1.807) is 4.90 Å². The molecule has 2 bridgehead atoms. The van der Waals surface area contributed by atoms with E-state index in [1.807, 2.05) is 0 Å². The highest BCUT2D eigenvalue weighted by atomic mass is 16.6. The van der Waals surface area contributed by atoms with Gasteiger partial charge >= 0.3 is 12.1 Å². The average molecular weight is 199 g/mol. The number of rotatable bonds is 2. The fourth-order valence-electron chi connectivity index (χ4n) is 2.00. The molecule has 0 spiro atoms. The molecule has 0 aliphatic carbocycles. The summed E-state index contributed by atoms with van der Waals surface area (Å²) >= 11 is 0. The van der Waals surface area contributed by atoms with Crippen LogP contribution < -0.4 is 0 Å². The predicted octanol–water partition coefficient (Wildman–Crippen LogP) is 0.390. The lowest BCUT2D eigenvalue weighted by Gasteiger charge is -2.25. The molecule has 2 fully saturated rings. The van der Waals surface area contributed by atoms with E-state index in [0.717, 1.165) is 6.42 Å². The summed E-state index contributed by atoms with van der Waals surface area (Å²) in [7, 11) is 1.37. The molecule has 0 N–H and O–H groups in total. The SMILES string of the molecule is COC(=O)CC1CCN2C[C@H]1OC2=O. The van der Waals surface area contributed by atoms with Crippen LogP contribution in [-0.2, 0) is 14.3 Å². The first kappa shape index (κ1) is 9.30. The molecule has 0 aromatic rings. The van der Waals surface area contributed by atoms with Crippen LogP contribution >= 0.6 is 0 Å². The Morgan fingerprint density at radius 1 is 1.71 bits per heavy atom. The van der Waals surface area contributed by atoms with Crippen molar-refractivity contribution < 1.29 is 19.1 Å². The summed E-state index contributed by atoms with van der Waals surface area (Å²) in [4.78, 5) is 23.9. The van der Waals surface area contributed by atoms with E-state index in [0.29, 0.717) is 19.5 Å². The zero-order chi connectivity index (χ0) is 10.1. The Bertz CT molecular complexity index is 266. The topological polar surface area (TPSA) is 55.8 Å². The number of carbonyl (C=O) groups is 2. The highest BCUT2D eigenvalue weighted by molar-refractivity contribution is 5.72. The summed E-state index contributed by atoms with van der Waals surface area (Å²) in [6.45, 7) is 1.32. The largest absolute Gasteiger partial charge is 0.469 e. The first-order valence-corrected chi connectivity index (χ1v) is 4.73. The number of ether oxygens (including phenoxy) is 2. The minimum absolute atomic E-state index is 0.115. The number of nitrogens with zero attached hydrogens (tertiary/aromatic N) is 1. The Balaban J connectivity index is 1.95. The van der Waals surface area contributed by atoms with Crippen molar-refractivity contribution in [1.82, 2.24) is 4.90 Å². The molecule has 0 aromatic carbocycles. The van der Waals surface area contributed by atoms with Crippen molar-refractivity contribution >= 4 is 12.1 Å². The Morgan fingerprint density at radius 3 is 3.21 bits per heavy atom. The molecule has 0 saturated carbocycles. The van der Waals surface area contributed by atoms with E-state index in [9.17, 15) is 9.59 Å². The molecule has 2 atom stereocenters. The van der Waals surface area contributed by atoms with Gasteiger partial charge in [0.15, 0.2) is 0 Å². The van der Waals surface area contributed by atoms with Gasteiger partial charge in [0.2, 0.25) is 0 Å². The lowest BCUT2D eigenvalue weighted by molar-refractivity contribution is -0.142. The standard InChI is InChI=1S/C9H13NO4/c1-13-8(11)4-6-2-3-10-5-7(6)14-9(10)12/h6-7H,2-5H2,1H3/t6?,7-/m1/s1. The highest BCUT2D eigenvalue weighted by Crippen LogP contribution is 2.29. The maximum Gasteiger partial charge on any atom is 0.410 e. The first-order valence-electron chi connectivity index (χ1n) is 4.73. The van der Waals surface area contributed by atoms with Gasteiger partial charge in [-0.05, 0) is 6.42 Å². The normalized spacial score (nSPS) is 30.1. The molecule has 5 heteroatoms. The van der Waals surface area contributed by atoms with Gasteiger partial charge in [-0.2, -0.15) is 0 Å². The second-order valence-corrected chi connectivity index (χ2v) is 3.70. The molecule has 14 heavy (non-hydrogen) atoms. The van der Waals surface area contributed by atoms with Crippen LogP contribution in [0.25, 0.3) is 0 Å². The van der Waals surface area contributed by atoms with Crippen molar-refractivity contribution in [2.24, 2.45) is 5.92 Å². The molecule has 78 valence electrons. The van der Waals surface area contributed by atoms with Crippen LogP contribution in [0, 0.1) is 5.92 Å². The number of carbonyl (C=O) groups excluding carboxylic acids is 2. The van der Waals surface area contributed by atoms with Gasteiger partial charge in [-0.15, -0.1) is 0 Å². The minimum atomic E-state index is -0.248. The Hall–Kier alpha value is -1.26. The van der Waals surface area contributed by atoms with Crippen molar-refractivity contribution in [3.63, 3.8) is 0 Å². The Labute approximate surface area is 82.0 Å². The van der Waals surface area contributed by atoms with Crippen LogP contribution in [0.5, 0.6) is 0 Å². The fraction of sp³-hybridized carbons (Fsp3) is 0.778. The van der Waals surface area contributed by atoms with Gasteiger partial charge in [0.05, 0.1) is 20.1 Å². The van der Waals surface area contributed by atoms with Gasteiger partial charge in [-0.25, -0.2) is 4.79 Å². The van der Waals surface area contributed by atoms with E-state index in [4.69, 9.17) is 4.74 Å². The zero-order valence-corrected chi connectivity index (χ0v) is 8.06. The summed E-state index contributed by atoms with van der Waals surface area (Å²) in [6, 6.07) is 0.